The van der Waals surface area contributed by atoms with Crippen LogP contribution < -0.4 is 4.74 Å². The summed E-state index contributed by atoms with van der Waals surface area (Å²) in [5.41, 5.74) is 5.89. The molecular formula is C19H19NO2. The zero-order chi connectivity index (χ0) is 15.7. The molecule has 0 unspecified atom stereocenters. The third kappa shape index (κ3) is 2.39. The van der Waals surface area contributed by atoms with E-state index in [9.17, 15) is 4.79 Å². The first-order chi connectivity index (χ1) is 10.6. The van der Waals surface area contributed by atoms with Gasteiger partial charge in [-0.3, -0.25) is 4.79 Å². The lowest BCUT2D eigenvalue weighted by molar-refractivity contribution is 0.112. The van der Waals surface area contributed by atoms with Gasteiger partial charge in [-0.25, -0.2) is 0 Å². The number of aromatic nitrogens is 1. The summed E-state index contributed by atoms with van der Waals surface area (Å²) in [6.07, 6.45) is 0.934. The number of carbonyl (C=O) groups is 1. The van der Waals surface area contributed by atoms with E-state index in [2.05, 4.69) is 24.0 Å². The number of aldehydes is 1. The predicted molar refractivity (Wildman–Crippen MR) is 89.8 cm³/mol. The fourth-order valence-electron chi connectivity index (χ4n) is 2.91. The second-order valence-electron chi connectivity index (χ2n) is 5.49. The fraction of sp³-hybridized carbons (Fsp3) is 0.211. The molecule has 3 nitrogen and oxygen atoms in total. The predicted octanol–water partition coefficient (Wildman–Crippen LogP) is 4.66. The molecule has 1 heterocycles. The smallest absolute Gasteiger partial charge is 0.152 e. The summed E-state index contributed by atoms with van der Waals surface area (Å²) in [4.78, 5) is 15.0. The van der Waals surface area contributed by atoms with Gasteiger partial charge in [0.2, 0.25) is 0 Å². The van der Waals surface area contributed by atoms with Gasteiger partial charge < -0.3 is 9.72 Å². The Morgan fingerprint density at radius 3 is 2.50 bits per heavy atom. The quantitative estimate of drug-likeness (QED) is 0.711. The molecule has 0 amide bonds. The van der Waals surface area contributed by atoms with Crippen molar-refractivity contribution in [2.24, 2.45) is 0 Å². The maximum Gasteiger partial charge on any atom is 0.152 e. The van der Waals surface area contributed by atoms with Crippen LogP contribution in [0.3, 0.4) is 0 Å². The lowest BCUT2D eigenvalue weighted by Crippen LogP contribution is -1.91. The van der Waals surface area contributed by atoms with Gasteiger partial charge in [0.15, 0.2) is 6.29 Å². The number of fused-ring (bicyclic) bond motifs is 1. The molecule has 0 radical (unpaired) electrons. The normalized spacial score (nSPS) is 10.9. The molecular weight excluding hydrogens is 274 g/mol. The summed E-state index contributed by atoms with van der Waals surface area (Å²) in [6, 6.07) is 12.0. The number of aromatic amines is 1. The molecule has 22 heavy (non-hydrogen) atoms. The molecule has 0 spiro atoms. The van der Waals surface area contributed by atoms with Gasteiger partial charge in [-0.1, -0.05) is 11.6 Å². The van der Waals surface area contributed by atoms with Crippen molar-refractivity contribution < 1.29 is 9.53 Å². The molecule has 3 rings (SSSR count). The zero-order valence-electron chi connectivity index (χ0n) is 13.1. The summed E-state index contributed by atoms with van der Waals surface area (Å²) < 4.78 is 5.47. The van der Waals surface area contributed by atoms with E-state index >= 15 is 0 Å². The first-order valence-corrected chi connectivity index (χ1v) is 7.45. The molecule has 0 aliphatic rings. The van der Waals surface area contributed by atoms with Gasteiger partial charge in [-0.2, -0.15) is 0 Å². The van der Waals surface area contributed by atoms with E-state index in [0.29, 0.717) is 12.2 Å². The lowest BCUT2D eigenvalue weighted by atomic mass is 10.0. The van der Waals surface area contributed by atoms with Gasteiger partial charge in [0.25, 0.3) is 0 Å². The van der Waals surface area contributed by atoms with Crippen molar-refractivity contribution in [3.63, 3.8) is 0 Å². The second-order valence-corrected chi connectivity index (χ2v) is 5.49. The minimum atomic E-state index is 0.643. The largest absolute Gasteiger partial charge is 0.494 e. The Hall–Kier alpha value is -2.55. The number of nitrogens with one attached hydrogen (secondary N) is 1. The number of benzene rings is 2. The molecule has 0 bridgehead atoms. The van der Waals surface area contributed by atoms with E-state index in [1.807, 2.05) is 38.1 Å². The third-order valence-electron chi connectivity index (χ3n) is 3.86. The Kier molecular flexibility index (Phi) is 3.72. The van der Waals surface area contributed by atoms with E-state index in [1.165, 1.54) is 0 Å². The molecule has 2 aromatic carbocycles. The number of ether oxygens (including phenoxy) is 1. The van der Waals surface area contributed by atoms with Crippen molar-refractivity contribution >= 4 is 17.2 Å². The number of aryl methyl sites for hydroxylation is 2. The van der Waals surface area contributed by atoms with Crippen LogP contribution in [0, 0.1) is 13.8 Å². The Morgan fingerprint density at radius 2 is 1.86 bits per heavy atom. The molecule has 1 aromatic heterocycles. The van der Waals surface area contributed by atoms with E-state index in [0.717, 1.165) is 45.3 Å². The molecule has 0 saturated carbocycles. The zero-order valence-corrected chi connectivity index (χ0v) is 13.1. The van der Waals surface area contributed by atoms with Crippen LogP contribution in [0.1, 0.15) is 28.4 Å². The van der Waals surface area contributed by atoms with E-state index in [1.54, 1.807) is 0 Å². The summed E-state index contributed by atoms with van der Waals surface area (Å²) in [5, 5.41) is 0.983. The van der Waals surface area contributed by atoms with Crippen molar-refractivity contribution in [2.45, 2.75) is 20.8 Å². The first kappa shape index (κ1) is 14.4. The van der Waals surface area contributed by atoms with Crippen LogP contribution >= 0.6 is 0 Å². The minimum absolute atomic E-state index is 0.643. The minimum Gasteiger partial charge on any atom is -0.494 e. The molecule has 0 aliphatic carbocycles. The molecule has 1 N–H and O–H groups in total. The van der Waals surface area contributed by atoms with Crippen LogP contribution in [-0.2, 0) is 0 Å². The number of hydrogen-bond acceptors (Lipinski definition) is 2. The average molecular weight is 293 g/mol. The van der Waals surface area contributed by atoms with E-state index in [-0.39, 0.29) is 0 Å². The molecule has 112 valence electrons. The van der Waals surface area contributed by atoms with Crippen LogP contribution in [0.2, 0.25) is 0 Å². The molecule has 0 atom stereocenters. The Morgan fingerprint density at radius 1 is 1.14 bits per heavy atom. The maximum atomic E-state index is 11.6. The molecule has 0 saturated heterocycles. The number of rotatable bonds is 4. The highest BCUT2D eigenvalue weighted by molar-refractivity contribution is 6.05. The Labute approximate surface area is 129 Å². The fourth-order valence-corrected chi connectivity index (χ4v) is 2.91. The highest BCUT2D eigenvalue weighted by atomic mass is 16.5. The highest BCUT2D eigenvalue weighted by Crippen LogP contribution is 2.32. The highest BCUT2D eigenvalue weighted by Gasteiger charge is 2.14. The lowest BCUT2D eigenvalue weighted by Gasteiger charge is -2.04. The van der Waals surface area contributed by atoms with Gasteiger partial charge >= 0.3 is 0 Å². The Balaban J connectivity index is 2.18. The summed E-state index contributed by atoms with van der Waals surface area (Å²) in [5.74, 6) is 0.835. The van der Waals surface area contributed by atoms with Crippen molar-refractivity contribution in [3.8, 4) is 17.0 Å². The van der Waals surface area contributed by atoms with Crippen LogP contribution in [0.5, 0.6) is 5.75 Å². The third-order valence-corrected chi connectivity index (χ3v) is 3.86. The molecule has 0 fully saturated rings. The monoisotopic (exact) mass is 293 g/mol. The van der Waals surface area contributed by atoms with Crippen LogP contribution in [-0.4, -0.2) is 17.9 Å². The van der Waals surface area contributed by atoms with Crippen LogP contribution in [0.15, 0.2) is 36.4 Å². The van der Waals surface area contributed by atoms with Crippen molar-refractivity contribution in [1.29, 1.82) is 0 Å². The summed E-state index contributed by atoms with van der Waals surface area (Å²) >= 11 is 0. The number of carbonyl (C=O) groups excluding carboxylic acids is 1. The average Bonchev–Trinajstić information content (AvgIpc) is 2.87. The number of hydrogen-bond donors (Lipinski definition) is 1. The molecule has 3 heteroatoms. The second kappa shape index (κ2) is 5.68. The van der Waals surface area contributed by atoms with Gasteiger partial charge in [0.05, 0.1) is 12.3 Å². The maximum absolute atomic E-state index is 11.6. The standard InChI is InChI=1S/C19H19NO2/c1-4-22-15-7-5-14(6-8-15)19-17(11-21)16-10-12(2)9-13(3)18(16)20-19/h5-11,20H,4H2,1-3H3. The topological polar surface area (TPSA) is 42.1 Å². The van der Waals surface area contributed by atoms with Gasteiger partial charge in [-0.05, 0) is 62.2 Å². The van der Waals surface area contributed by atoms with Crippen molar-refractivity contribution in [2.75, 3.05) is 6.61 Å². The van der Waals surface area contributed by atoms with Gasteiger partial charge in [0.1, 0.15) is 5.75 Å². The summed E-state index contributed by atoms with van der Waals surface area (Å²) in [6.45, 7) is 6.71. The van der Waals surface area contributed by atoms with Crippen LogP contribution in [0.25, 0.3) is 22.2 Å². The van der Waals surface area contributed by atoms with E-state index in [4.69, 9.17) is 4.74 Å². The first-order valence-electron chi connectivity index (χ1n) is 7.45. The molecule has 0 aliphatic heterocycles. The van der Waals surface area contributed by atoms with Crippen molar-refractivity contribution in [1.82, 2.24) is 4.98 Å². The Bertz CT molecular complexity index is 829. The summed E-state index contributed by atoms with van der Waals surface area (Å²) in [7, 11) is 0. The van der Waals surface area contributed by atoms with Gasteiger partial charge in [-0.15, -0.1) is 0 Å². The van der Waals surface area contributed by atoms with Crippen LogP contribution in [0.4, 0.5) is 0 Å². The van der Waals surface area contributed by atoms with Gasteiger partial charge in [0, 0.05) is 16.5 Å². The van der Waals surface area contributed by atoms with Crippen molar-refractivity contribution in [3.05, 3.63) is 53.1 Å². The SMILES string of the molecule is CCOc1ccc(-c2[nH]c3c(C)cc(C)cc3c2C=O)cc1. The number of H-pyrrole nitrogens is 1. The molecule has 3 aromatic rings. The van der Waals surface area contributed by atoms with E-state index < -0.39 is 0 Å².